The van der Waals surface area contributed by atoms with Gasteiger partial charge in [0.2, 0.25) is 5.91 Å². The third-order valence-electron chi connectivity index (χ3n) is 4.70. The lowest BCUT2D eigenvalue weighted by Gasteiger charge is -2.18. The molecule has 1 N–H and O–H groups in total. The molecule has 0 aromatic heterocycles. The molecule has 2 aromatic carbocycles. The second kappa shape index (κ2) is 8.82. The summed E-state index contributed by atoms with van der Waals surface area (Å²) < 4.78 is 26.5. The van der Waals surface area contributed by atoms with Crippen molar-refractivity contribution in [2.24, 2.45) is 0 Å². The molecule has 1 heterocycles. The number of carbonyl (C=O) groups is 2. The lowest BCUT2D eigenvalue weighted by Crippen LogP contribution is -2.37. The Hall–Kier alpha value is -2.96. The summed E-state index contributed by atoms with van der Waals surface area (Å²) in [7, 11) is 0. The van der Waals surface area contributed by atoms with Gasteiger partial charge >= 0.3 is 6.03 Å². The van der Waals surface area contributed by atoms with E-state index in [1.165, 1.54) is 21.4 Å². The highest BCUT2D eigenvalue weighted by molar-refractivity contribution is 5.99. The number of aryl methyl sites for hydroxylation is 1. The third kappa shape index (κ3) is 4.65. The molecule has 1 saturated heterocycles. The van der Waals surface area contributed by atoms with E-state index in [1.807, 2.05) is 24.3 Å². The van der Waals surface area contributed by atoms with Gasteiger partial charge in [-0.25, -0.2) is 13.6 Å². The Balaban J connectivity index is 1.56. The van der Waals surface area contributed by atoms with Crippen LogP contribution in [-0.4, -0.2) is 36.5 Å². The largest absolute Gasteiger partial charge is 0.325 e. The number of benzene rings is 2. The summed E-state index contributed by atoms with van der Waals surface area (Å²) in [5.41, 5.74) is 2.17. The number of hydrogen-bond acceptors (Lipinski definition) is 2. The molecule has 2 aromatic rings. The molecule has 0 bridgehead atoms. The first kappa shape index (κ1) is 19.8. The number of anilines is 2. The summed E-state index contributed by atoms with van der Waals surface area (Å²) in [5, 5.41) is 2.78. The van der Waals surface area contributed by atoms with Crippen molar-refractivity contribution < 1.29 is 18.4 Å². The van der Waals surface area contributed by atoms with Gasteiger partial charge < -0.3 is 10.2 Å². The Morgan fingerprint density at radius 3 is 2.50 bits per heavy atom. The molecule has 0 aliphatic carbocycles. The molecular formula is C21H23F2N3O2. The lowest BCUT2D eigenvalue weighted by atomic mass is 10.1. The monoisotopic (exact) mass is 387 g/mol. The zero-order valence-electron chi connectivity index (χ0n) is 15.8. The molecule has 3 rings (SSSR count). The molecule has 1 aliphatic rings. The van der Waals surface area contributed by atoms with Gasteiger partial charge in [-0.2, -0.15) is 0 Å². The minimum absolute atomic E-state index is 0.101. The molecule has 7 heteroatoms. The van der Waals surface area contributed by atoms with E-state index in [-0.39, 0.29) is 18.1 Å². The van der Waals surface area contributed by atoms with E-state index in [4.69, 9.17) is 0 Å². The highest BCUT2D eigenvalue weighted by Gasteiger charge is 2.31. The Kier molecular flexibility index (Phi) is 6.23. The minimum atomic E-state index is -1.01. The minimum Gasteiger partial charge on any atom is -0.325 e. The standard InChI is InChI=1S/C21H23F2N3O2/c1-2-3-4-15-5-7-16(8-6-15)24-20(27)14-25-11-12-26(21(25)28)17-9-10-18(22)19(23)13-17/h5-10,13H,2-4,11-12,14H2,1H3,(H,24,27). The van der Waals surface area contributed by atoms with E-state index in [9.17, 15) is 18.4 Å². The number of hydrogen-bond donors (Lipinski definition) is 1. The van der Waals surface area contributed by atoms with Crippen LogP contribution < -0.4 is 10.2 Å². The van der Waals surface area contributed by atoms with Crippen LogP contribution >= 0.6 is 0 Å². The first-order valence-corrected chi connectivity index (χ1v) is 9.38. The van der Waals surface area contributed by atoms with Crippen LogP contribution in [-0.2, 0) is 11.2 Å². The normalized spacial score (nSPS) is 13.9. The molecular weight excluding hydrogens is 364 g/mol. The summed E-state index contributed by atoms with van der Waals surface area (Å²) in [6.07, 6.45) is 3.26. The van der Waals surface area contributed by atoms with Gasteiger partial charge in [-0.1, -0.05) is 25.5 Å². The SMILES string of the molecule is CCCCc1ccc(NC(=O)CN2CCN(c3ccc(F)c(F)c3)C2=O)cc1. The molecule has 5 nitrogen and oxygen atoms in total. The van der Waals surface area contributed by atoms with E-state index in [1.54, 1.807) is 0 Å². The van der Waals surface area contributed by atoms with Crippen molar-refractivity contribution in [2.45, 2.75) is 26.2 Å². The van der Waals surface area contributed by atoms with Gasteiger partial charge in [0.1, 0.15) is 6.54 Å². The van der Waals surface area contributed by atoms with Crippen LogP contribution in [0.15, 0.2) is 42.5 Å². The molecule has 148 valence electrons. The molecule has 0 spiro atoms. The number of amides is 3. The topological polar surface area (TPSA) is 52.7 Å². The molecule has 0 atom stereocenters. The molecule has 0 saturated carbocycles. The van der Waals surface area contributed by atoms with Crippen LogP contribution in [0.1, 0.15) is 25.3 Å². The summed E-state index contributed by atoms with van der Waals surface area (Å²) in [6, 6.07) is 10.6. The maximum atomic E-state index is 13.4. The molecule has 0 radical (unpaired) electrons. The van der Waals surface area contributed by atoms with Crippen molar-refractivity contribution in [3.05, 3.63) is 59.7 Å². The molecule has 0 unspecified atom stereocenters. The van der Waals surface area contributed by atoms with Gasteiger partial charge in [0.05, 0.1) is 0 Å². The maximum absolute atomic E-state index is 13.4. The van der Waals surface area contributed by atoms with Crippen molar-refractivity contribution in [1.82, 2.24) is 4.90 Å². The van der Waals surface area contributed by atoms with Gasteiger partial charge in [-0.05, 0) is 42.7 Å². The van der Waals surface area contributed by atoms with Crippen LogP contribution in [0.3, 0.4) is 0 Å². The summed E-state index contributed by atoms with van der Waals surface area (Å²) in [4.78, 5) is 27.5. The maximum Gasteiger partial charge on any atom is 0.325 e. The zero-order chi connectivity index (χ0) is 20.1. The Labute approximate surface area is 162 Å². The quantitative estimate of drug-likeness (QED) is 0.775. The highest BCUT2D eigenvalue weighted by Crippen LogP contribution is 2.22. The van der Waals surface area contributed by atoms with E-state index in [2.05, 4.69) is 12.2 Å². The smallest absolute Gasteiger partial charge is 0.325 e. The van der Waals surface area contributed by atoms with Crippen molar-refractivity contribution in [1.29, 1.82) is 0 Å². The van der Waals surface area contributed by atoms with E-state index < -0.39 is 17.7 Å². The van der Waals surface area contributed by atoms with Gasteiger partial charge in [0.25, 0.3) is 0 Å². The average molecular weight is 387 g/mol. The number of carbonyl (C=O) groups excluding carboxylic acids is 2. The average Bonchev–Trinajstić information content (AvgIpc) is 3.04. The number of rotatable bonds is 7. The van der Waals surface area contributed by atoms with Crippen LogP contribution in [0.4, 0.5) is 25.0 Å². The fraction of sp³-hybridized carbons (Fsp3) is 0.333. The summed E-state index contributed by atoms with van der Waals surface area (Å²) in [6.45, 7) is 2.68. The Morgan fingerprint density at radius 2 is 1.82 bits per heavy atom. The number of nitrogens with zero attached hydrogens (tertiary/aromatic N) is 2. The summed E-state index contributed by atoms with van der Waals surface area (Å²) >= 11 is 0. The van der Waals surface area contributed by atoms with Crippen LogP contribution in [0.5, 0.6) is 0 Å². The van der Waals surface area contributed by atoms with Crippen LogP contribution in [0.25, 0.3) is 0 Å². The van der Waals surface area contributed by atoms with Crippen molar-refractivity contribution >= 4 is 23.3 Å². The Morgan fingerprint density at radius 1 is 1.07 bits per heavy atom. The lowest BCUT2D eigenvalue weighted by molar-refractivity contribution is -0.116. The van der Waals surface area contributed by atoms with Crippen molar-refractivity contribution in [2.75, 3.05) is 29.9 Å². The van der Waals surface area contributed by atoms with Crippen LogP contribution in [0, 0.1) is 11.6 Å². The first-order valence-electron chi connectivity index (χ1n) is 9.38. The molecule has 28 heavy (non-hydrogen) atoms. The van der Waals surface area contributed by atoms with Gasteiger partial charge in [0.15, 0.2) is 11.6 Å². The molecule has 3 amide bonds. The molecule has 1 fully saturated rings. The predicted molar refractivity (Wildman–Crippen MR) is 104 cm³/mol. The predicted octanol–water partition coefficient (Wildman–Crippen LogP) is 4.19. The zero-order valence-corrected chi connectivity index (χ0v) is 15.8. The van der Waals surface area contributed by atoms with Gasteiger partial charge in [-0.15, -0.1) is 0 Å². The first-order chi connectivity index (χ1) is 13.5. The highest BCUT2D eigenvalue weighted by atomic mass is 19.2. The molecule has 1 aliphatic heterocycles. The van der Waals surface area contributed by atoms with Crippen molar-refractivity contribution in [3.8, 4) is 0 Å². The number of unbranched alkanes of at least 4 members (excludes halogenated alkanes) is 1. The number of urea groups is 1. The Bertz CT molecular complexity index is 855. The van der Waals surface area contributed by atoms with Gasteiger partial charge in [0, 0.05) is 30.5 Å². The summed E-state index contributed by atoms with van der Waals surface area (Å²) in [5.74, 6) is -2.28. The third-order valence-corrected chi connectivity index (χ3v) is 4.70. The number of nitrogens with one attached hydrogen (secondary N) is 1. The second-order valence-electron chi connectivity index (χ2n) is 6.80. The fourth-order valence-corrected chi connectivity index (χ4v) is 3.13. The second-order valence-corrected chi connectivity index (χ2v) is 6.80. The van der Waals surface area contributed by atoms with Crippen LogP contribution in [0.2, 0.25) is 0 Å². The van der Waals surface area contributed by atoms with Crippen molar-refractivity contribution in [3.63, 3.8) is 0 Å². The van der Waals surface area contributed by atoms with E-state index in [0.717, 1.165) is 31.4 Å². The number of halogens is 2. The van der Waals surface area contributed by atoms with E-state index in [0.29, 0.717) is 18.8 Å². The van der Waals surface area contributed by atoms with E-state index >= 15 is 0 Å². The van der Waals surface area contributed by atoms with Gasteiger partial charge in [-0.3, -0.25) is 9.69 Å². The fourth-order valence-electron chi connectivity index (χ4n) is 3.13.